The number of Topliss-reactive ketones (excluding diaryl/α,β-unsaturated/α-hetero) is 1. The van der Waals surface area contributed by atoms with Crippen LogP contribution in [-0.4, -0.2) is 39.4 Å². The third-order valence-electron chi connectivity index (χ3n) is 5.01. The molecule has 0 atom stereocenters. The lowest BCUT2D eigenvalue weighted by molar-refractivity contribution is 0.102. The number of carbonyl (C=O) groups is 1. The zero-order chi connectivity index (χ0) is 19.5. The highest BCUT2D eigenvalue weighted by molar-refractivity contribution is 7.99. The number of aryl methyl sites for hydroxylation is 2. The fourth-order valence-electron chi connectivity index (χ4n) is 3.48. The molecule has 0 spiro atoms. The van der Waals surface area contributed by atoms with Gasteiger partial charge in [-0.05, 0) is 50.5 Å². The number of benzene rings is 1. The summed E-state index contributed by atoms with van der Waals surface area (Å²) in [6, 6.07) is 9.82. The standard InChI is InChI=1S/C21H24N4O2S/c1-15-7-8-16(2)18(12-15)19(26)14-28-21-23-22-20(24-9-3-4-10-24)25(21)13-17-6-5-11-27-17/h5-8,11-12H,3-4,9-10,13-14H2,1-2H3. The second-order valence-corrected chi connectivity index (χ2v) is 8.11. The molecule has 28 heavy (non-hydrogen) atoms. The van der Waals surface area contributed by atoms with Gasteiger partial charge in [-0.3, -0.25) is 9.36 Å². The van der Waals surface area contributed by atoms with Gasteiger partial charge in [0.2, 0.25) is 5.95 Å². The molecule has 0 radical (unpaired) electrons. The van der Waals surface area contributed by atoms with Crippen molar-refractivity contribution in [1.82, 2.24) is 14.8 Å². The number of carbonyl (C=O) groups excluding carboxylic acids is 1. The molecule has 7 heteroatoms. The molecule has 1 aliphatic rings. The number of hydrogen-bond acceptors (Lipinski definition) is 6. The van der Waals surface area contributed by atoms with Crippen LogP contribution in [0.1, 0.15) is 40.1 Å². The van der Waals surface area contributed by atoms with Gasteiger partial charge in [0.15, 0.2) is 10.9 Å². The summed E-state index contributed by atoms with van der Waals surface area (Å²) >= 11 is 1.44. The van der Waals surface area contributed by atoms with Crippen molar-refractivity contribution in [1.29, 1.82) is 0 Å². The molecule has 1 aromatic carbocycles. The summed E-state index contributed by atoms with van der Waals surface area (Å²) in [7, 11) is 0. The molecule has 3 heterocycles. The number of nitrogens with zero attached hydrogens (tertiary/aromatic N) is 4. The Morgan fingerprint density at radius 1 is 1.18 bits per heavy atom. The first-order valence-corrected chi connectivity index (χ1v) is 10.5. The number of furan rings is 1. The molecule has 0 bridgehead atoms. The molecule has 0 unspecified atom stereocenters. The third kappa shape index (κ3) is 3.99. The second-order valence-electron chi connectivity index (χ2n) is 7.17. The first-order chi connectivity index (χ1) is 13.6. The Bertz CT molecular complexity index is 959. The molecular weight excluding hydrogens is 372 g/mol. The average Bonchev–Trinajstić information content (AvgIpc) is 3.44. The zero-order valence-electron chi connectivity index (χ0n) is 16.2. The Kier molecular flexibility index (Phi) is 5.52. The molecule has 0 amide bonds. The highest BCUT2D eigenvalue weighted by Gasteiger charge is 2.23. The first-order valence-electron chi connectivity index (χ1n) is 9.55. The van der Waals surface area contributed by atoms with Crippen LogP contribution < -0.4 is 4.90 Å². The Hall–Kier alpha value is -2.54. The van der Waals surface area contributed by atoms with E-state index in [2.05, 4.69) is 19.7 Å². The van der Waals surface area contributed by atoms with Crippen LogP contribution >= 0.6 is 11.8 Å². The van der Waals surface area contributed by atoms with Crippen molar-refractivity contribution < 1.29 is 9.21 Å². The molecule has 4 rings (SSSR count). The van der Waals surface area contributed by atoms with Crippen molar-refractivity contribution in [3.63, 3.8) is 0 Å². The summed E-state index contributed by atoms with van der Waals surface area (Å²) < 4.78 is 7.59. The summed E-state index contributed by atoms with van der Waals surface area (Å²) in [5, 5.41) is 9.56. The lowest BCUT2D eigenvalue weighted by Crippen LogP contribution is -2.22. The van der Waals surface area contributed by atoms with Crippen molar-refractivity contribution in [3.8, 4) is 0 Å². The Balaban J connectivity index is 1.55. The number of anilines is 1. The molecule has 3 aromatic rings. The van der Waals surface area contributed by atoms with Gasteiger partial charge in [0.05, 0.1) is 18.6 Å². The minimum absolute atomic E-state index is 0.112. The van der Waals surface area contributed by atoms with Gasteiger partial charge in [0.1, 0.15) is 5.76 Å². The summed E-state index contributed by atoms with van der Waals surface area (Å²) in [5.74, 6) is 2.15. The largest absolute Gasteiger partial charge is 0.467 e. The first kappa shape index (κ1) is 18.8. The van der Waals surface area contributed by atoms with Crippen LogP contribution in [0.4, 0.5) is 5.95 Å². The van der Waals surface area contributed by atoms with Gasteiger partial charge in [-0.1, -0.05) is 29.5 Å². The molecule has 1 saturated heterocycles. The van der Waals surface area contributed by atoms with Gasteiger partial charge >= 0.3 is 0 Å². The van der Waals surface area contributed by atoms with Crippen LogP contribution in [0, 0.1) is 13.8 Å². The van der Waals surface area contributed by atoms with Crippen LogP contribution in [0.25, 0.3) is 0 Å². The van der Waals surface area contributed by atoms with Gasteiger partial charge in [-0.2, -0.15) is 0 Å². The molecule has 1 fully saturated rings. The lowest BCUT2D eigenvalue weighted by Gasteiger charge is -2.17. The van der Waals surface area contributed by atoms with E-state index in [0.717, 1.165) is 46.6 Å². The topological polar surface area (TPSA) is 64.2 Å². The Morgan fingerprint density at radius 3 is 2.75 bits per heavy atom. The van der Waals surface area contributed by atoms with E-state index in [4.69, 9.17) is 4.42 Å². The number of aromatic nitrogens is 3. The van der Waals surface area contributed by atoms with E-state index in [1.807, 2.05) is 44.2 Å². The molecule has 0 N–H and O–H groups in total. The predicted octanol–water partition coefficient (Wildman–Crippen LogP) is 4.11. The third-order valence-corrected chi connectivity index (χ3v) is 5.97. The van der Waals surface area contributed by atoms with E-state index in [-0.39, 0.29) is 5.78 Å². The van der Waals surface area contributed by atoms with E-state index in [1.54, 1.807) is 6.26 Å². The molecule has 1 aliphatic heterocycles. The number of ketones is 1. The minimum atomic E-state index is 0.112. The number of rotatable bonds is 7. The van der Waals surface area contributed by atoms with E-state index in [0.29, 0.717) is 12.3 Å². The van der Waals surface area contributed by atoms with Gasteiger partial charge in [0.25, 0.3) is 0 Å². The molecule has 0 aliphatic carbocycles. The normalized spacial score (nSPS) is 14.0. The molecule has 146 valence electrons. The van der Waals surface area contributed by atoms with E-state index >= 15 is 0 Å². The SMILES string of the molecule is Cc1ccc(C)c(C(=O)CSc2nnc(N3CCCC3)n2Cc2ccco2)c1. The molecule has 0 saturated carbocycles. The summed E-state index contributed by atoms with van der Waals surface area (Å²) in [6.07, 6.45) is 4.01. The zero-order valence-corrected chi connectivity index (χ0v) is 17.0. The van der Waals surface area contributed by atoms with Gasteiger partial charge < -0.3 is 9.32 Å². The summed E-state index contributed by atoms with van der Waals surface area (Å²) in [5.41, 5.74) is 2.88. The molecule has 6 nitrogen and oxygen atoms in total. The monoisotopic (exact) mass is 396 g/mol. The van der Waals surface area contributed by atoms with Crippen molar-refractivity contribution >= 4 is 23.5 Å². The predicted molar refractivity (Wildman–Crippen MR) is 110 cm³/mol. The molecular formula is C21H24N4O2S. The Morgan fingerprint density at radius 2 is 2.00 bits per heavy atom. The van der Waals surface area contributed by atoms with Gasteiger partial charge in [-0.15, -0.1) is 10.2 Å². The van der Waals surface area contributed by atoms with Crippen LogP contribution in [0.3, 0.4) is 0 Å². The highest BCUT2D eigenvalue weighted by atomic mass is 32.2. The quantitative estimate of drug-likeness (QED) is 0.442. The van der Waals surface area contributed by atoms with Crippen LogP contribution in [0.2, 0.25) is 0 Å². The number of hydrogen-bond donors (Lipinski definition) is 0. The van der Waals surface area contributed by atoms with Gasteiger partial charge in [-0.25, -0.2) is 0 Å². The summed E-state index contributed by atoms with van der Waals surface area (Å²) in [4.78, 5) is 15.0. The smallest absolute Gasteiger partial charge is 0.228 e. The highest BCUT2D eigenvalue weighted by Crippen LogP contribution is 2.27. The van der Waals surface area contributed by atoms with Crippen molar-refractivity contribution in [2.45, 2.75) is 38.4 Å². The second kappa shape index (κ2) is 8.22. The maximum absolute atomic E-state index is 12.8. The fourth-order valence-corrected chi connectivity index (χ4v) is 4.30. The minimum Gasteiger partial charge on any atom is -0.467 e. The Labute approximate surface area is 168 Å². The molecule has 2 aromatic heterocycles. The van der Waals surface area contributed by atoms with Crippen molar-refractivity contribution in [2.75, 3.05) is 23.7 Å². The maximum atomic E-state index is 12.8. The van der Waals surface area contributed by atoms with Crippen LogP contribution in [0.15, 0.2) is 46.2 Å². The van der Waals surface area contributed by atoms with Crippen LogP contribution in [0.5, 0.6) is 0 Å². The maximum Gasteiger partial charge on any atom is 0.228 e. The van der Waals surface area contributed by atoms with Crippen LogP contribution in [-0.2, 0) is 6.54 Å². The number of thioether (sulfide) groups is 1. The van der Waals surface area contributed by atoms with E-state index in [9.17, 15) is 4.79 Å². The van der Waals surface area contributed by atoms with E-state index in [1.165, 1.54) is 24.6 Å². The fraction of sp³-hybridized carbons (Fsp3) is 0.381. The van der Waals surface area contributed by atoms with E-state index < -0.39 is 0 Å². The lowest BCUT2D eigenvalue weighted by atomic mass is 10.0. The average molecular weight is 397 g/mol. The summed E-state index contributed by atoms with van der Waals surface area (Å²) in [6.45, 7) is 6.52. The van der Waals surface area contributed by atoms with Gasteiger partial charge in [0, 0.05) is 18.7 Å². The van der Waals surface area contributed by atoms with Crippen molar-refractivity contribution in [2.24, 2.45) is 0 Å². The van der Waals surface area contributed by atoms with Crippen molar-refractivity contribution in [3.05, 3.63) is 59.0 Å².